The molecule has 3 nitrogen and oxygen atoms in total. The van der Waals surface area contributed by atoms with Crippen molar-refractivity contribution in [2.75, 3.05) is 6.61 Å². The first-order valence-electron chi connectivity index (χ1n) is 13.8. The molecule has 186 valence electrons. The Morgan fingerprint density at radius 2 is 1.85 bits per heavy atom. The Morgan fingerprint density at radius 1 is 1.12 bits per heavy atom. The maximum atomic E-state index is 11.2. The van der Waals surface area contributed by atoms with E-state index >= 15 is 0 Å². The molecule has 0 amide bonds. The monoisotopic (exact) mass is 456 g/mol. The molecular weight excluding hydrogens is 408 g/mol. The third-order valence-corrected chi connectivity index (χ3v) is 11.9. The molecule has 1 spiro atoms. The molecule has 2 N–H and O–H groups in total. The summed E-state index contributed by atoms with van der Waals surface area (Å²) in [5.41, 5.74) is 4.18. The molecule has 0 radical (unpaired) electrons. The van der Waals surface area contributed by atoms with Gasteiger partial charge in [-0.15, -0.1) is 0 Å². The molecule has 2 aliphatic heterocycles. The molecule has 2 saturated carbocycles. The maximum absolute atomic E-state index is 11.2. The normalized spacial score (nSPS) is 44.8. The average molecular weight is 457 g/mol. The summed E-state index contributed by atoms with van der Waals surface area (Å²) in [6, 6.07) is 0. The van der Waals surface area contributed by atoms with Gasteiger partial charge in [0.25, 0.3) is 0 Å². The Labute approximate surface area is 202 Å². The van der Waals surface area contributed by atoms with Gasteiger partial charge in [0.2, 0.25) is 0 Å². The van der Waals surface area contributed by atoms with Crippen molar-refractivity contribution in [3.63, 3.8) is 0 Å². The van der Waals surface area contributed by atoms with Crippen molar-refractivity contribution in [1.29, 1.82) is 0 Å². The molecule has 4 fully saturated rings. The Bertz CT molecular complexity index is 850. The van der Waals surface area contributed by atoms with Crippen LogP contribution in [0, 0.1) is 39.9 Å². The molecule has 2 bridgehead atoms. The fourth-order valence-electron chi connectivity index (χ4n) is 9.61. The smallest absolute Gasteiger partial charge is 0.170 e. The lowest BCUT2D eigenvalue weighted by Gasteiger charge is -2.67. The van der Waals surface area contributed by atoms with Gasteiger partial charge in [-0.2, -0.15) is 0 Å². The first-order valence-corrected chi connectivity index (χ1v) is 13.8. The molecule has 2 saturated heterocycles. The topological polar surface area (TPSA) is 49.7 Å². The highest BCUT2D eigenvalue weighted by Gasteiger charge is 2.68. The summed E-state index contributed by atoms with van der Waals surface area (Å²) in [5, 5.41) is 21.5. The number of allylic oxidation sites excluding steroid dienone is 1. The standard InChI is InChI=1S/C30H48O3/c1-19(8-9-20(2)27(5,6)31)22-11-12-23-21-10-13-25-26(3,4)30(32)17-16-29(25,18-33-30)24(21)14-15-28(22,23)7/h19,22-23,25,31-32H,2,8-18H2,1,3-7H3/t19-,22-,23+,25+,28-,29+,30+/m1/s1. The zero-order valence-corrected chi connectivity index (χ0v) is 22.1. The lowest BCUT2D eigenvalue weighted by Crippen LogP contribution is -2.68. The van der Waals surface area contributed by atoms with Crippen molar-refractivity contribution in [3.05, 3.63) is 23.3 Å². The lowest BCUT2D eigenvalue weighted by atomic mass is 9.43. The maximum Gasteiger partial charge on any atom is 0.170 e. The van der Waals surface area contributed by atoms with Gasteiger partial charge in [0, 0.05) is 17.3 Å². The van der Waals surface area contributed by atoms with Crippen molar-refractivity contribution in [3.8, 4) is 0 Å². The largest absolute Gasteiger partial charge is 0.386 e. The zero-order valence-electron chi connectivity index (χ0n) is 22.1. The van der Waals surface area contributed by atoms with Crippen LogP contribution in [0.2, 0.25) is 0 Å². The predicted molar refractivity (Wildman–Crippen MR) is 133 cm³/mol. The van der Waals surface area contributed by atoms with Crippen LogP contribution in [0.5, 0.6) is 0 Å². The van der Waals surface area contributed by atoms with E-state index in [0.717, 1.165) is 49.7 Å². The first-order chi connectivity index (χ1) is 15.3. The third-order valence-electron chi connectivity index (χ3n) is 11.9. The van der Waals surface area contributed by atoms with Gasteiger partial charge in [0.15, 0.2) is 5.79 Å². The van der Waals surface area contributed by atoms with E-state index in [2.05, 4.69) is 34.3 Å². The van der Waals surface area contributed by atoms with E-state index in [4.69, 9.17) is 4.74 Å². The van der Waals surface area contributed by atoms with Gasteiger partial charge in [-0.3, -0.25) is 0 Å². The van der Waals surface area contributed by atoms with Crippen molar-refractivity contribution in [1.82, 2.24) is 0 Å². The van der Waals surface area contributed by atoms with E-state index in [9.17, 15) is 10.2 Å². The van der Waals surface area contributed by atoms with Gasteiger partial charge < -0.3 is 14.9 Å². The molecule has 0 unspecified atom stereocenters. The van der Waals surface area contributed by atoms with Crippen LogP contribution in [0.1, 0.15) is 106 Å². The van der Waals surface area contributed by atoms with Crippen LogP contribution in [-0.4, -0.2) is 28.2 Å². The van der Waals surface area contributed by atoms with Crippen molar-refractivity contribution in [2.24, 2.45) is 39.9 Å². The minimum Gasteiger partial charge on any atom is -0.386 e. The van der Waals surface area contributed by atoms with E-state index in [1.165, 1.54) is 38.5 Å². The Hall–Kier alpha value is -0.640. The van der Waals surface area contributed by atoms with E-state index in [1.54, 1.807) is 5.57 Å². The van der Waals surface area contributed by atoms with Crippen LogP contribution >= 0.6 is 0 Å². The molecule has 0 aromatic heterocycles. The van der Waals surface area contributed by atoms with Crippen LogP contribution in [0.25, 0.3) is 0 Å². The number of hydrogen-bond donors (Lipinski definition) is 2. The zero-order chi connectivity index (χ0) is 24.0. The van der Waals surface area contributed by atoms with Crippen molar-refractivity contribution >= 4 is 0 Å². The number of rotatable bonds is 5. The van der Waals surface area contributed by atoms with Gasteiger partial charge in [-0.25, -0.2) is 0 Å². The predicted octanol–water partition coefficient (Wildman–Crippen LogP) is 6.79. The molecular formula is C30H48O3. The van der Waals surface area contributed by atoms with Crippen molar-refractivity contribution < 1.29 is 14.9 Å². The molecule has 0 aromatic carbocycles. The molecule has 2 heterocycles. The average Bonchev–Trinajstić information content (AvgIpc) is 3.10. The molecule has 0 aromatic rings. The first kappa shape index (κ1) is 24.1. The number of hydrogen-bond acceptors (Lipinski definition) is 3. The quantitative estimate of drug-likeness (QED) is 0.448. The van der Waals surface area contributed by atoms with Gasteiger partial charge in [-0.05, 0) is 106 Å². The van der Waals surface area contributed by atoms with Gasteiger partial charge in [0.05, 0.1) is 12.2 Å². The summed E-state index contributed by atoms with van der Waals surface area (Å²) in [6.07, 6.45) is 11.6. The molecule has 7 atom stereocenters. The van der Waals surface area contributed by atoms with Gasteiger partial charge >= 0.3 is 0 Å². The van der Waals surface area contributed by atoms with E-state index < -0.39 is 11.4 Å². The summed E-state index contributed by atoms with van der Waals surface area (Å²) in [5.74, 6) is 1.77. The molecule has 6 aliphatic rings. The van der Waals surface area contributed by atoms with Crippen LogP contribution in [0.4, 0.5) is 0 Å². The third kappa shape index (κ3) is 3.24. The molecule has 4 aliphatic carbocycles. The Kier molecular flexibility index (Phi) is 5.42. The number of fused-ring (bicyclic) bond motifs is 4. The summed E-state index contributed by atoms with van der Waals surface area (Å²) in [6.45, 7) is 18.2. The fraction of sp³-hybridized carbons (Fsp3) is 0.867. The molecule has 3 heteroatoms. The second-order valence-corrected chi connectivity index (χ2v) is 14.0. The van der Waals surface area contributed by atoms with E-state index in [-0.39, 0.29) is 10.8 Å². The SMILES string of the molecule is C=C(CC[C@@H](C)[C@H]1CC[C@H]2C3=C(CC[C@]12C)[C@]12CC[C@](O)(OC1)C(C)(C)[C@@H]2CC3)C(C)(C)O. The van der Waals surface area contributed by atoms with Crippen LogP contribution in [0.3, 0.4) is 0 Å². The van der Waals surface area contributed by atoms with E-state index in [1.807, 2.05) is 19.4 Å². The highest BCUT2D eigenvalue weighted by atomic mass is 16.6. The Morgan fingerprint density at radius 3 is 2.48 bits per heavy atom. The summed E-state index contributed by atoms with van der Waals surface area (Å²) in [4.78, 5) is 0. The number of aliphatic hydroxyl groups is 2. The molecule has 33 heavy (non-hydrogen) atoms. The summed E-state index contributed by atoms with van der Waals surface area (Å²) < 4.78 is 6.26. The fourth-order valence-corrected chi connectivity index (χ4v) is 9.61. The minimum absolute atomic E-state index is 0.168. The van der Waals surface area contributed by atoms with E-state index in [0.29, 0.717) is 17.3 Å². The van der Waals surface area contributed by atoms with Gasteiger partial charge in [-0.1, -0.05) is 45.4 Å². The summed E-state index contributed by atoms with van der Waals surface area (Å²) >= 11 is 0. The second kappa shape index (κ2) is 7.43. The summed E-state index contributed by atoms with van der Waals surface area (Å²) in [7, 11) is 0. The van der Waals surface area contributed by atoms with Crippen LogP contribution in [0.15, 0.2) is 23.3 Å². The Balaban J connectivity index is 1.39. The van der Waals surface area contributed by atoms with Crippen molar-refractivity contribution in [2.45, 2.75) is 117 Å². The highest BCUT2D eigenvalue weighted by Crippen LogP contribution is 2.71. The second-order valence-electron chi connectivity index (χ2n) is 14.0. The van der Waals surface area contributed by atoms with Crippen LogP contribution < -0.4 is 0 Å². The highest BCUT2D eigenvalue weighted by molar-refractivity contribution is 5.37. The van der Waals surface area contributed by atoms with Crippen LogP contribution in [-0.2, 0) is 4.74 Å². The number of ether oxygens (including phenoxy) is 1. The minimum atomic E-state index is -0.929. The molecule has 6 rings (SSSR count). The lowest BCUT2D eigenvalue weighted by molar-refractivity contribution is -0.367. The van der Waals surface area contributed by atoms with Gasteiger partial charge in [0.1, 0.15) is 0 Å².